The second-order valence-electron chi connectivity index (χ2n) is 5.23. The van der Waals surface area contributed by atoms with Gasteiger partial charge in [-0.3, -0.25) is 4.79 Å². The first-order valence-electron chi connectivity index (χ1n) is 7.54. The van der Waals surface area contributed by atoms with Gasteiger partial charge in [0.1, 0.15) is 12.4 Å². The highest BCUT2D eigenvalue weighted by atomic mass is 16.7. The summed E-state index contributed by atoms with van der Waals surface area (Å²) in [7, 11) is 3.30. The number of carbonyl (C=O) groups is 1. The van der Waals surface area contributed by atoms with Crippen molar-refractivity contribution in [1.29, 1.82) is 0 Å². The van der Waals surface area contributed by atoms with E-state index in [1.807, 2.05) is 17.2 Å². The number of piperidine rings is 1. The molecule has 1 aromatic carbocycles. The van der Waals surface area contributed by atoms with E-state index in [-0.39, 0.29) is 11.9 Å². The summed E-state index contributed by atoms with van der Waals surface area (Å²) in [4.78, 5) is 17.5. The third kappa shape index (κ3) is 4.98. The molecule has 6 heteroatoms. The van der Waals surface area contributed by atoms with Crippen LogP contribution >= 0.6 is 0 Å². The lowest BCUT2D eigenvalue weighted by Gasteiger charge is -2.30. The van der Waals surface area contributed by atoms with Gasteiger partial charge >= 0.3 is 0 Å². The molecular formula is C16H24N2O4. The number of hydroxylamine groups is 2. The van der Waals surface area contributed by atoms with Crippen LogP contribution in [0.15, 0.2) is 24.3 Å². The van der Waals surface area contributed by atoms with Crippen LogP contribution in [0.5, 0.6) is 5.75 Å². The summed E-state index contributed by atoms with van der Waals surface area (Å²) in [5.74, 6) is 0.618. The van der Waals surface area contributed by atoms with Gasteiger partial charge in [-0.15, -0.1) is 0 Å². The van der Waals surface area contributed by atoms with Crippen LogP contribution in [0.3, 0.4) is 0 Å². The molecule has 1 heterocycles. The van der Waals surface area contributed by atoms with E-state index in [2.05, 4.69) is 5.32 Å². The lowest BCUT2D eigenvalue weighted by atomic mass is 10.1. The number of amides is 1. The minimum Gasteiger partial charge on any atom is -0.491 e. The Labute approximate surface area is 131 Å². The minimum atomic E-state index is -0.0620. The molecule has 1 saturated heterocycles. The first kappa shape index (κ1) is 16.7. The van der Waals surface area contributed by atoms with Gasteiger partial charge in [0.2, 0.25) is 0 Å². The van der Waals surface area contributed by atoms with Crippen LogP contribution in [0.1, 0.15) is 23.2 Å². The van der Waals surface area contributed by atoms with Gasteiger partial charge in [0.25, 0.3) is 5.91 Å². The van der Waals surface area contributed by atoms with Gasteiger partial charge in [-0.05, 0) is 31.0 Å². The van der Waals surface area contributed by atoms with Crippen LogP contribution in [-0.2, 0) is 9.57 Å². The summed E-state index contributed by atoms with van der Waals surface area (Å²) in [5.41, 5.74) is 0.615. The van der Waals surface area contributed by atoms with Gasteiger partial charge in [0, 0.05) is 31.8 Å². The summed E-state index contributed by atoms with van der Waals surface area (Å²) in [5, 5.41) is 4.98. The highest BCUT2D eigenvalue weighted by Gasteiger charge is 2.21. The number of carbonyl (C=O) groups excluding carboxylic acids is 1. The molecule has 1 fully saturated rings. The van der Waals surface area contributed by atoms with E-state index in [1.165, 1.54) is 0 Å². The van der Waals surface area contributed by atoms with Crippen molar-refractivity contribution in [2.45, 2.75) is 18.9 Å². The number of methoxy groups -OCH3 is 1. The van der Waals surface area contributed by atoms with E-state index in [4.69, 9.17) is 14.3 Å². The van der Waals surface area contributed by atoms with Gasteiger partial charge in [0.05, 0.1) is 13.7 Å². The average molecular weight is 308 g/mol. The second-order valence-corrected chi connectivity index (χ2v) is 5.23. The Morgan fingerprint density at radius 3 is 2.73 bits per heavy atom. The Bertz CT molecular complexity index is 473. The van der Waals surface area contributed by atoms with Gasteiger partial charge < -0.3 is 19.6 Å². The Kier molecular flexibility index (Phi) is 6.64. The highest BCUT2D eigenvalue weighted by molar-refractivity contribution is 5.94. The standard InChI is InChI=1S/C16H24N2O4/c1-20-10-11-22-15-5-3-4-13(12-15)16(19)17-14-6-8-18(21-2)9-7-14/h3-5,12,14H,6-11H2,1-2H3,(H,17,19). The summed E-state index contributed by atoms with van der Waals surface area (Å²) in [6.07, 6.45) is 1.78. The summed E-state index contributed by atoms with van der Waals surface area (Å²) in [6.45, 7) is 2.66. The van der Waals surface area contributed by atoms with Gasteiger partial charge in [-0.1, -0.05) is 6.07 Å². The van der Waals surface area contributed by atoms with E-state index in [0.29, 0.717) is 24.5 Å². The molecule has 1 aliphatic rings. The van der Waals surface area contributed by atoms with Gasteiger partial charge in [-0.25, -0.2) is 0 Å². The first-order valence-corrected chi connectivity index (χ1v) is 7.54. The predicted molar refractivity (Wildman–Crippen MR) is 82.9 cm³/mol. The second kappa shape index (κ2) is 8.73. The fourth-order valence-corrected chi connectivity index (χ4v) is 2.42. The lowest BCUT2D eigenvalue weighted by Crippen LogP contribution is -2.44. The molecule has 1 N–H and O–H groups in total. The molecule has 6 nitrogen and oxygen atoms in total. The molecule has 2 rings (SSSR count). The number of rotatable bonds is 7. The minimum absolute atomic E-state index is 0.0620. The van der Waals surface area contributed by atoms with Crippen molar-refractivity contribution in [3.8, 4) is 5.75 Å². The zero-order chi connectivity index (χ0) is 15.8. The monoisotopic (exact) mass is 308 g/mol. The van der Waals surface area contributed by atoms with E-state index in [1.54, 1.807) is 26.4 Å². The molecule has 1 amide bonds. The maximum atomic E-state index is 12.3. The Hall–Kier alpha value is -1.63. The normalized spacial score (nSPS) is 16.5. The molecule has 0 bridgehead atoms. The summed E-state index contributed by atoms with van der Waals surface area (Å²) in [6, 6.07) is 7.41. The molecule has 1 aliphatic heterocycles. The number of nitrogens with zero attached hydrogens (tertiary/aromatic N) is 1. The van der Waals surface area contributed by atoms with Crippen LogP contribution < -0.4 is 10.1 Å². The quantitative estimate of drug-likeness (QED) is 0.773. The first-order chi connectivity index (χ1) is 10.7. The average Bonchev–Trinajstić information content (AvgIpc) is 2.56. The fraction of sp³-hybridized carbons (Fsp3) is 0.562. The van der Waals surface area contributed by atoms with E-state index < -0.39 is 0 Å². The van der Waals surface area contributed by atoms with Crippen molar-refractivity contribution in [1.82, 2.24) is 10.4 Å². The third-order valence-electron chi connectivity index (χ3n) is 3.70. The number of hydrogen-bond donors (Lipinski definition) is 1. The van der Waals surface area contributed by atoms with Gasteiger partial charge in [-0.2, -0.15) is 5.06 Å². The highest BCUT2D eigenvalue weighted by Crippen LogP contribution is 2.15. The van der Waals surface area contributed by atoms with Crippen molar-refractivity contribution < 1.29 is 19.1 Å². The van der Waals surface area contributed by atoms with E-state index >= 15 is 0 Å². The molecule has 0 aromatic heterocycles. The number of ether oxygens (including phenoxy) is 2. The van der Waals surface area contributed by atoms with Crippen molar-refractivity contribution in [3.63, 3.8) is 0 Å². The zero-order valence-corrected chi connectivity index (χ0v) is 13.2. The van der Waals surface area contributed by atoms with Crippen molar-refractivity contribution in [2.75, 3.05) is 40.5 Å². The van der Waals surface area contributed by atoms with Crippen molar-refractivity contribution in [2.24, 2.45) is 0 Å². The Balaban J connectivity index is 1.85. The molecule has 0 saturated carbocycles. The number of hydrogen-bond acceptors (Lipinski definition) is 5. The number of nitrogens with one attached hydrogen (secondary N) is 1. The van der Waals surface area contributed by atoms with Crippen LogP contribution in [-0.4, -0.2) is 57.5 Å². The molecule has 0 radical (unpaired) electrons. The topological polar surface area (TPSA) is 60.0 Å². The SMILES string of the molecule is COCCOc1cccc(C(=O)NC2CCN(OC)CC2)c1. The Morgan fingerprint density at radius 1 is 1.27 bits per heavy atom. The Morgan fingerprint density at radius 2 is 2.05 bits per heavy atom. The third-order valence-corrected chi connectivity index (χ3v) is 3.70. The molecule has 22 heavy (non-hydrogen) atoms. The molecule has 122 valence electrons. The molecule has 0 atom stereocenters. The lowest BCUT2D eigenvalue weighted by molar-refractivity contribution is -0.144. The maximum absolute atomic E-state index is 12.3. The van der Waals surface area contributed by atoms with Crippen LogP contribution in [0.2, 0.25) is 0 Å². The number of benzene rings is 1. The van der Waals surface area contributed by atoms with E-state index in [9.17, 15) is 4.79 Å². The summed E-state index contributed by atoms with van der Waals surface area (Å²) >= 11 is 0. The van der Waals surface area contributed by atoms with Crippen LogP contribution in [0, 0.1) is 0 Å². The van der Waals surface area contributed by atoms with Crippen molar-refractivity contribution in [3.05, 3.63) is 29.8 Å². The van der Waals surface area contributed by atoms with Gasteiger partial charge in [0.15, 0.2) is 0 Å². The maximum Gasteiger partial charge on any atom is 0.251 e. The molecule has 0 unspecified atom stereocenters. The predicted octanol–water partition coefficient (Wildman–Crippen LogP) is 1.47. The van der Waals surface area contributed by atoms with Crippen molar-refractivity contribution >= 4 is 5.91 Å². The molecule has 1 aromatic rings. The van der Waals surface area contributed by atoms with Crippen LogP contribution in [0.25, 0.3) is 0 Å². The largest absolute Gasteiger partial charge is 0.491 e. The molecular weight excluding hydrogens is 284 g/mol. The molecule has 0 spiro atoms. The molecule has 0 aliphatic carbocycles. The van der Waals surface area contributed by atoms with E-state index in [0.717, 1.165) is 25.9 Å². The summed E-state index contributed by atoms with van der Waals surface area (Å²) < 4.78 is 10.5. The fourth-order valence-electron chi connectivity index (χ4n) is 2.42. The smallest absolute Gasteiger partial charge is 0.251 e. The zero-order valence-electron chi connectivity index (χ0n) is 13.2. The van der Waals surface area contributed by atoms with Crippen LogP contribution in [0.4, 0.5) is 0 Å².